The molecular weight excluding hydrogens is 462 g/mol. The second-order valence-corrected chi connectivity index (χ2v) is 9.12. The Hall–Kier alpha value is -3.07. The smallest absolute Gasteiger partial charge is 0.406 e. The molecule has 188 valence electrons. The molecule has 3 aromatic rings. The Morgan fingerprint density at radius 1 is 1.00 bits per heavy atom. The van der Waals surface area contributed by atoms with E-state index in [0.29, 0.717) is 23.7 Å². The Balaban J connectivity index is 1.29. The number of benzene rings is 2. The average Bonchev–Trinajstić information content (AvgIpc) is 3.08. The molecule has 0 N–H and O–H groups in total. The maximum Gasteiger partial charge on any atom is 0.573 e. The Morgan fingerprint density at radius 3 is 2.29 bits per heavy atom. The highest BCUT2D eigenvalue weighted by Gasteiger charge is 2.31. The molecule has 5 nitrogen and oxygen atoms in total. The second kappa shape index (κ2) is 10.7. The maximum absolute atomic E-state index is 13.0. The molecule has 0 radical (unpaired) electrons. The Kier molecular flexibility index (Phi) is 7.64. The number of aromatic nitrogens is 2. The van der Waals surface area contributed by atoms with Gasteiger partial charge < -0.3 is 4.74 Å². The zero-order chi connectivity index (χ0) is 25.0. The summed E-state index contributed by atoms with van der Waals surface area (Å²) in [6, 6.07) is 12.0. The van der Waals surface area contributed by atoms with Gasteiger partial charge in [0.15, 0.2) is 0 Å². The lowest BCUT2D eigenvalue weighted by molar-refractivity contribution is -0.274. The SMILES string of the molecule is Cn1cc(CN2CCC(CCCc3ccc(F)cc3)CC2)c(=O)n1-c1ccc(OC(F)(F)F)cc1. The molecule has 1 aliphatic heterocycles. The van der Waals surface area contributed by atoms with Crippen LogP contribution in [-0.2, 0) is 20.0 Å². The van der Waals surface area contributed by atoms with Crippen molar-refractivity contribution in [3.05, 3.63) is 82.0 Å². The molecule has 35 heavy (non-hydrogen) atoms. The van der Waals surface area contributed by atoms with Crippen molar-refractivity contribution in [3.8, 4) is 11.4 Å². The molecule has 0 amide bonds. The Morgan fingerprint density at radius 2 is 1.66 bits per heavy atom. The molecular formula is C26H29F4N3O2. The van der Waals surface area contributed by atoms with Gasteiger partial charge in [-0.3, -0.25) is 14.4 Å². The lowest BCUT2D eigenvalue weighted by atomic mass is 9.90. The number of rotatable bonds is 8. The third-order valence-electron chi connectivity index (χ3n) is 6.53. The molecule has 9 heteroatoms. The zero-order valence-corrected chi connectivity index (χ0v) is 19.6. The predicted octanol–water partition coefficient (Wildman–Crippen LogP) is 5.45. The van der Waals surface area contributed by atoms with Crippen LogP contribution >= 0.6 is 0 Å². The molecule has 0 atom stereocenters. The Bertz CT molecular complexity index is 1160. The largest absolute Gasteiger partial charge is 0.573 e. The average molecular weight is 492 g/mol. The van der Waals surface area contributed by atoms with Gasteiger partial charge in [0.2, 0.25) is 0 Å². The minimum Gasteiger partial charge on any atom is -0.406 e. The summed E-state index contributed by atoms with van der Waals surface area (Å²) in [5.41, 5.74) is 2.10. The summed E-state index contributed by atoms with van der Waals surface area (Å²) in [6.45, 7) is 2.37. The molecule has 0 unspecified atom stereocenters. The highest BCUT2D eigenvalue weighted by molar-refractivity contribution is 5.37. The third kappa shape index (κ3) is 6.75. The number of alkyl halides is 3. The van der Waals surface area contributed by atoms with Crippen molar-refractivity contribution in [1.82, 2.24) is 14.3 Å². The minimum atomic E-state index is -4.76. The third-order valence-corrected chi connectivity index (χ3v) is 6.53. The number of hydrogen-bond donors (Lipinski definition) is 0. The van der Waals surface area contributed by atoms with Gasteiger partial charge in [-0.25, -0.2) is 9.07 Å². The highest BCUT2D eigenvalue weighted by Crippen LogP contribution is 2.25. The van der Waals surface area contributed by atoms with Crippen LogP contribution in [0.5, 0.6) is 5.75 Å². The number of aryl methyl sites for hydroxylation is 2. The van der Waals surface area contributed by atoms with Crippen molar-refractivity contribution >= 4 is 0 Å². The quantitative estimate of drug-likeness (QED) is 0.394. The highest BCUT2D eigenvalue weighted by atomic mass is 19.4. The molecule has 1 aliphatic rings. The van der Waals surface area contributed by atoms with Crippen LogP contribution < -0.4 is 10.3 Å². The fraction of sp³-hybridized carbons (Fsp3) is 0.423. The predicted molar refractivity (Wildman–Crippen MR) is 125 cm³/mol. The number of nitrogens with zero attached hydrogens (tertiary/aromatic N) is 3. The molecule has 0 bridgehead atoms. The summed E-state index contributed by atoms with van der Waals surface area (Å²) >= 11 is 0. The minimum absolute atomic E-state index is 0.182. The van der Waals surface area contributed by atoms with Crippen molar-refractivity contribution < 1.29 is 22.3 Å². The molecule has 1 aromatic heterocycles. The molecule has 2 heterocycles. The van der Waals surface area contributed by atoms with Crippen LogP contribution in [0.2, 0.25) is 0 Å². The van der Waals surface area contributed by atoms with Gasteiger partial charge in [-0.2, -0.15) is 0 Å². The van der Waals surface area contributed by atoms with Crippen molar-refractivity contribution in [2.45, 2.75) is 45.0 Å². The standard InChI is InChI=1S/C26H29F4N3O2/c1-31-17-21(25(34)33(31)23-9-11-24(12-10-23)35-26(28,29)30)18-32-15-13-20(14-16-32)4-2-3-19-5-7-22(27)8-6-19/h5-12,17,20H,2-4,13-16,18H2,1H3. The van der Waals surface area contributed by atoms with Crippen molar-refractivity contribution in [1.29, 1.82) is 0 Å². The van der Waals surface area contributed by atoms with Crippen LogP contribution in [-0.4, -0.2) is 33.7 Å². The Labute approximate surface area is 201 Å². The van der Waals surface area contributed by atoms with E-state index in [1.807, 2.05) is 12.1 Å². The fourth-order valence-corrected chi connectivity index (χ4v) is 4.73. The maximum atomic E-state index is 13.0. The van der Waals surface area contributed by atoms with E-state index in [2.05, 4.69) is 9.64 Å². The van der Waals surface area contributed by atoms with Crippen molar-refractivity contribution in [3.63, 3.8) is 0 Å². The summed E-state index contributed by atoms with van der Waals surface area (Å²) in [5.74, 6) is 0.112. The summed E-state index contributed by atoms with van der Waals surface area (Å²) in [7, 11) is 1.73. The van der Waals surface area contributed by atoms with Crippen molar-refractivity contribution in [2.75, 3.05) is 13.1 Å². The first kappa shape index (κ1) is 25.0. The van der Waals surface area contributed by atoms with Gasteiger partial charge >= 0.3 is 6.36 Å². The van der Waals surface area contributed by atoms with Gasteiger partial charge in [0.05, 0.1) is 11.3 Å². The molecule has 4 rings (SSSR count). The topological polar surface area (TPSA) is 39.4 Å². The monoisotopic (exact) mass is 491 g/mol. The molecule has 0 aliphatic carbocycles. The summed E-state index contributed by atoms with van der Waals surface area (Å²) in [6.07, 6.45) is 2.33. The van der Waals surface area contributed by atoms with Gasteiger partial charge in [-0.15, -0.1) is 13.2 Å². The summed E-state index contributed by atoms with van der Waals surface area (Å²) in [5, 5.41) is 0. The van der Waals surface area contributed by atoms with E-state index < -0.39 is 6.36 Å². The van der Waals surface area contributed by atoms with Crippen LogP contribution in [0.1, 0.15) is 36.8 Å². The number of piperidine rings is 1. The van der Waals surface area contributed by atoms with Gasteiger partial charge in [-0.1, -0.05) is 18.6 Å². The van der Waals surface area contributed by atoms with Crippen LogP contribution in [0.25, 0.3) is 5.69 Å². The van der Waals surface area contributed by atoms with E-state index in [-0.39, 0.29) is 17.1 Å². The normalized spacial score (nSPS) is 15.5. The van der Waals surface area contributed by atoms with E-state index in [4.69, 9.17) is 0 Å². The van der Waals surface area contributed by atoms with Crippen LogP contribution in [0.3, 0.4) is 0 Å². The van der Waals surface area contributed by atoms with Crippen LogP contribution in [0, 0.1) is 11.7 Å². The molecule has 0 saturated carbocycles. The van der Waals surface area contributed by atoms with E-state index in [0.717, 1.165) is 50.8 Å². The lowest BCUT2D eigenvalue weighted by Gasteiger charge is -2.31. The van der Waals surface area contributed by atoms with Gasteiger partial charge in [0.25, 0.3) is 5.56 Å². The fourth-order valence-electron chi connectivity index (χ4n) is 4.73. The number of halogens is 4. The number of hydrogen-bond acceptors (Lipinski definition) is 3. The summed E-state index contributed by atoms with van der Waals surface area (Å²) in [4.78, 5) is 15.3. The first-order valence-electron chi connectivity index (χ1n) is 11.8. The van der Waals surface area contributed by atoms with Crippen LogP contribution in [0.4, 0.5) is 17.6 Å². The van der Waals surface area contributed by atoms with Gasteiger partial charge in [0.1, 0.15) is 11.6 Å². The van der Waals surface area contributed by atoms with Gasteiger partial charge in [-0.05, 0) is 86.7 Å². The second-order valence-electron chi connectivity index (χ2n) is 9.12. The molecule has 0 spiro atoms. The summed E-state index contributed by atoms with van der Waals surface area (Å²) < 4.78 is 57.2. The van der Waals surface area contributed by atoms with Gasteiger partial charge in [0, 0.05) is 19.8 Å². The first-order chi connectivity index (χ1) is 16.7. The van der Waals surface area contributed by atoms with Crippen molar-refractivity contribution in [2.24, 2.45) is 13.0 Å². The first-order valence-corrected chi connectivity index (χ1v) is 11.8. The lowest BCUT2D eigenvalue weighted by Crippen LogP contribution is -2.34. The van der Waals surface area contributed by atoms with E-state index in [1.54, 1.807) is 17.9 Å². The molecule has 1 saturated heterocycles. The molecule has 1 fully saturated rings. The van der Waals surface area contributed by atoms with E-state index in [1.165, 1.54) is 41.1 Å². The van der Waals surface area contributed by atoms with E-state index >= 15 is 0 Å². The number of likely N-dealkylation sites (tertiary alicyclic amines) is 1. The van der Waals surface area contributed by atoms with E-state index in [9.17, 15) is 22.4 Å². The number of ether oxygens (including phenoxy) is 1. The molecule has 2 aromatic carbocycles. The zero-order valence-electron chi connectivity index (χ0n) is 19.6. The van der Waals surface area contributed by atoms with Crippen LogP contribution in [0.15, 0.2) is 59.5 Å².